The van der Waals surface area contributed by atoms with Crippen molar-refractivity contribution in [2.75, 3.05) is 25.5 Å². The van der Waals surface area contributed by atoms with Crippen molar-refractivity contribution in [2.24, 2.45) is 0 Å². The Morgan fingerprint density at radius 3 is 2.22 bits per heavy atom. The van der Waals surface area contributed by atoms with Crippen molar-refractivity contribution < 1.29 is 14.3 Å². The molecule has 4 rings (SSSR count). The van der Waals surface area contributed by atoms with Crippen molar-refractivity contribution in [2.45, 2.75) is 18.9 Å². The predicted molar refractivity (Wildman–Crippen MR) is 124 cm³/mol. The number of para-hydroxylation sites is 2. The van der Waals surface area contributed by atoms with Gasteiger partial charge in [-0.2, -0.15) is 5.26 Å². The maximum absolute atomic E-state index is 12.6. The lowest BCUT2D eigenvalue weighted by atomic mass is 10.0. The number of benzene rings is 3. The van der Waals surface area contributed by atoms with Gasteiger partial charge in [0.05, 0.1) is 24.4 Å². The number of rotatable bonds is 5. The number of carbonyl (C=O) groups is 1. The Kier molecular flexibility index (Phi) is 6.57. The largest absolute Gasteiger partial charge is 0.495 e. The third-order valence-corrected chi connectivity index (χ3v) is 5.58. The standard InChI is InChI=1S/C26H25N3O3/c1-31-25-5-3-2-4-24(25)28-26(30)29-16-14-23(15-17-29)32-22-12-10-21(11-13-22)20-8-6-19(18-27)7-9-20/h2-13,23H,14-17H2,1H3,(H,28,30). The lowest BCUT2D eigenvalue weighted by Gasteiger charge is -2.32. The van der Waals surface area contributed by atoms with Crippen LogP contribution < -0.4 is 14.8 Å². The number of hydrogen-bond donors (Lipinski definition) is 1. The van der Waals surface area contributed by atoms with Gasteiger partial charge < -0.3 is 19.7 Å². The summed E-state index contributed by atoms with van der Waals surface area (Å²) < 4.78 is 11.4. The van der Waals surface area contributed by atoms with Gasteiger partial charge in [0, 0.05) is 25.9 Å². The maximum Gasteiger partial charge on any atom is 0.321 e. The molecule has 0 saturated carbocycles. The molecule has 0 aliphatic carbocycles. The second kappa shape index (κ2) is 9.88. The fourth-order valence-corrected chi connectivity index (χ4v) is 3.77. The first-order valence-corrected chi connectivity index (χ1v) is 10.6. The Hall–Kier alpha value is -3.98. The summed E-state index contributed by atoms with van der Waals surface area (Å²) in [6, 6.07) is 24.9. The van der Waals surface area contributed by atoms with Crippen LogP contribution in [0, 0.1) is 11.3 Å². The fraction of sp³-hybridized carbons (Fsp3) is 0.231. The molecular weight excluding hydrogens is 402 g/mol. The van der Waals surface area contributed by atoms with E-state index in [1.54, 1.807) is 12.0 Å². The summed E-state index contributed by atoms with van der Waals surface area (Å²) in [4.78, 5) is 14.4. The molecule has 162 valence electrons. The van der Waals surface area contributed by atoms with Gasteiger partial charge in [0.25, 0.3) is 0 Å². The predicted octanol–water partition coefficient (Wildman–Crippen LogP) is 5.31. The molecule has 0 unspecified atom stereocenters. The van der Waals surface area contributed by atoms with Crippen LogP contribution in [-0.2, 0) is 0 Å². The second-order valence-electron chi connectivity index (χ2n) is 7.65. The van der Waals surface area contributed by atoms with Crippen LogP contribution in [0.2, 0.25) is 0 Å². The molecule has 32 heavy (non-hydrogen) atoms. The van der Waals surface area contributed by atoms with Gasteiger partial charge in [0.2, 0.25) is 0 Å². The van der Waals surface area contributed by atoms with E-state index in [1.165, 1.54) is 0 Å². The highest BCUT2D eigenvalue weighted by Crippen LogP contribution is 2.26. The minimum Gasteiger partial charge on any atom is -0.495 e. The molecule has 3 aromatic carbocycles. The summed E-state index contributed by atoms with van der Waals surface area (Å²) in [5, 5.41) is 11.9. The SMILES string of the molecule is COc1ccccc1NC(=O)N1CCC(Oc2ccc(-c3ccc(C#N)cc3)cc2)CC1. The zero-order chi connectivity index (χ0) is 22.3. The first-order valence-electron chi connectivity index (χ1n) is 10.6. The highest BCUT2D eigenvalue weighted by atomic mass is 16.5. The normalized spacial score (nSPS) is 13.8. The van der Waals surface area contributed by atoms with Gasteiger partial charge in [-0.3, -0.25) is 0 Å². The van der Waals surface area contributed by atoms with Crippen molar-refractivity contribution in [3.8, 4) is 28.7 Å². The van der Waals surface area contributed by atoms with Crippen LogP contribution in [0.25, 0.3) is 11.1 Å². The molecule has 1 fully saturated rings. The number of piperidine rings is 1. The zero-order valence-corrected chi connectivity index (χ0v) is 18.0. The third-order valence-electron chi connectivity index (χ3n) is 5.58. The van der Waals surface area contributed by atoms with Gasteiger partial charge in [0.1, 0.15) is 17.6 Å². The summed E-state index contributed by atoms with van der Waals surface area (Å²) in [6.45, 7) is 1.27. The molecule has 0 radical (unpaired) electrons. The Morgan fingerprint density at radius 2 is 1.59 bits per heavy atom. The number of likely N-dealkylation sites (tertiary alicyclic amines) is 1. The Balaban J connectivity index is 1.29. The topological polar surface area (TPSA) is 74.6 Å². The number of ether oxygens (including phenoxy) is 2. The van der Waals surface area contributed by atoms with Gasteiger partial charge in [-0.25, -0.2) is 4.79 Å². The number of urea groups is 1. The molecule has 0 spiro atoms. The number of methoxy groups -OCH3 is 1. The van der Waals surface area contributed by atoms with Gasteiger partial charge in [-0.15, -0.1) is 0 Å². The first-order chi connectivity index (χ1) is 15.7. The van der Waals surface area contributed by atoms with Crippen molar-refractivity contribution >= 4 is 11.7 Å². The summed E-state index contributed by atoms with van der Waals surface area (Å²) in [6.07, 6.45) is 1.62. The van der Waals surface area contributed by atoms with E-state index in [-0.39, 0.29) is 12.1 Å². The lowest BCUT2D eigenvalue weighted by molar-refractivity contribution is 0.115. The number of nitrogens with one attached hydrogen (secondary N) is 1. The molecular formula is C26H25N3O3. The average molecular weight is 428 g/mol. The lowest BCUT2D eigenvalue weighted by Crippen LogP contribution is -2.43. The molecule has 1 saturated heterocycles. The minimum absolute atomic E-state index is 0.0751. The number of carbonyl (C=O) groups excluding carboxylic acids is 1. The van der Waals surface area contributed by atoms with E-state index in [4.69, 9.17) is 14.7 Å². The van der Waals surface area contributed by atoms with E-state index < -0.39 is 0 Å². The average Bonchev–Trinajstić information content (AvgIpc) is 2.85. The molecule has 0 bridgehead atoms. The van der Waals surface area contributed by atoms with Crippen LogP contribution in [0.1, 0.15) is 18.4 Å². The van der Waals surface area contributed by atoms with Gasteiger partial charge in [-0.05, 0) is 47.5 Å². The molecule has 1 N–H and O–H groups in total. The summed E-state index contributed by atoms with van der Waals surface area (Å²) in [5.74, 6) is 1.46. The molecule has 3 aromatic rings. The first kappa shape index (κ1) is 21.3. The van der Waals surface area contributed by atoms with E-state index in [1.807, 2.05) is 72.8 Å². The zero-order valence-electron chi connectivity index (χ0n) is 18.0. The fourth-order valence-electron chi connectivity index (χ4n) is 3.77. The highest BCUT2D eigenvalue weighted by Gasteiger charge is 2.24. The quantitative estimate of drug-likeness (QED) is 0.599. The summed E-state index contributed by atoms with van der Waals surface area (Å²) in [7, 11) is 1.59. The highest BCUT2D eigenvalue weighted by molar-refractivity contribution is 5.91. The van der Waals surface area contributed by atoms with Crippen molar-refractivity contribution in [1.29, 1.82) is 5.26 Å². The molecule has 0 aromatic heterocycles. The number of nitriles is 1. The molecule has 1 aliphatic rings. The smallest absolute Gasteiger partial charge is 0.321 e. The van der Waals surface area contributed by atoms with Gasteiger partial charge >= 0.3 is 6.03 Å². The Bertz CT molecular complexity index is 1100. The number of amides is 2. The van der Waals surface area contributed by atoms with E-state index in [0.717, 1.165) is 29.7 Å². The molecule has 0 atom stereocenters. The molecule has 6 heteroatoms. The van der Waals surface area contributed by atoms with Gasteiger partial charge in [-0.1, -0.05) is 36.4 Å². The summed E-state index contributed by atoms with van der Waals surface area (Å²) in [5.41, 5.74) is 3.45. The molecule has 2 amide bonds. The molecule has 1 heterocycles. The number of anilines is 1. The van der Waals surface area contributed by atoms with Crippen LogP contribution in [0.15, 0.2) is 72.8 Å². The monoisotopic (exact) mass is 427 g/mol. The Labute approximate surface area is 188 Å². The van der Waals surface area contributed by atoms with Crippen LogP contribution >= 0.6 is 0 Å². The van der Waals surface area contributed by atoms with Crippen LogP contribution in [0.3, 0.4) is 0 Å². The van der Waals surface area contributed by atoms with Crippen LogP contribution in [0.4, 0.5) is 10.5 Å². The molecule has 1 aliphatic heterocycles. The van der Waals surface area contributed by atoms with E-state index in [2.05, 4.69) is 11.4 Å². The van der Waals surface area contributed by atoms with E-state index in [0.29, 0.717) is 30.1 Å². The van der Waals surface area contributed by atoms with Crippen molar-refractivity contribution in [3.05, 3.63) is 78.4 Å². The Morgan fingerprint density at radius 1 is 0.969 bits per heavy atom. The number of nitrogens with zero attached hydrogens (tertiary/aromatic N) is 2. The molecule has 6 nitrogen and oxygen atoms in total. The van der Waals surface area contributed by atoms with Crippen LogP contribution in [-0.4, -0.2) is 37.2 Å². The van der Waals surface area contributed by atoms with Crippen molar-refractivity contribution in [3.63, 3.8) is 0 Å². The third kappa shape index (κ3) is 5.01. The number of hydrogen-bond acceptors (Lipinski definition) is 4. The second-order valence-corrected chi connectivity index (χ2v) is 7.65. The summed E-state index contributed by atoms with van der Waals surface area (Å²) >= 11 is 0. The van der Waals surface area contributed by atoms with Crippen molar-refractivity contribution in [1.82, 2.24) is 4.90 Å². The van der Waals surface area contributed by atoms with E-state index in [9.17, 15) is 4.79 Å². The maximum atomic E-state index is 12.6. The van der Waals surface area contributed by atoms with E-state index >= 15 is 0 Å². The van der Waals surface area contributed by atoms with Gasteiger partial charge in [0.15, 0.2) is 0 Å². The van der Waals surface area contributed by atoms with Crippen LogP contribution in [0.5, 0.6) is 11.5 Å². The minimum atomic E-state index is -0.125.